The first-order chi connectivity index (χ1) is 6.40. The SMILES string of the molecule is O=CNN=C1Cc2ccccc2C1. The van der Waals surface area contributed by atoms with Crippen LogP contribution in [0.5, 0.6) is 0 Å². The van der Waals surface area contributed by atoms with Crippen LogP contribution in [0.25, 0.3) is 0 Å². The van der Waals surface area contributed by atoms with E-state index in [0.29, 0.717) is 6.41 Å². The Morgan fingerprint density at radius 2 is 1.85 bits per heavy atom. The Balaban J connectivity index is 2.18. The highest BCUT2D eigenvalue weighted by Crippen LogP contribution is 2.18. The third-order valence-electron chi connectivity index (χ3n) is 2.18. The lowest BCUT2D eigenvalue weighted by molar-refractivity contribution is -0.109. The Labute approximate surface area is 76.5 Å². The highest BCUT2D eigenvalue weighted by molar-refractivity contribution is 5.92. The molecule has 3 heteroatoms. The van der Waals surface area contributed by atoms with Crippen LogP contribution in [0.4, 0.5) is 0 Å². The molecule has 0 aromatic heterocycles. The monoisotopic (exact) mass is 174 g/mol. The molecule has 0 saturated heterocycles. The van der Waals surface area contributed by atoms with Crippen molar-refractivity contribution >= 4 is 12.1 Å². The van der Waals surface area contributed by atoms with Gasteiger partial charge in [0.15, 0.2) is 0 Å². The van der Waals surface area contributed by atoms with E-state index in [1.54, 1.807) is 0 Å². The maximum absolute atomic E-state index is 10.0. The highest BCUT2D eigenvalue weighted by atomic mass is 16.1. The molecule has 1 aliphatic carbocycles. The van der Waals surface area contributed by atoms with E-state index < -0.39 is 0 Å². The second-order valence-corrected chi connectivity index (χ2v) is 3.05. The number of carbonyl (C=O) groups excluding carboxylic acids is 1. The zero-order valence-corrected chi connectivity index (χ0v) is 7.16. The minimum absolute atomic E-state index is 0.593. The molecule has 0 unspecified atom stereocenters. The number of carbonyl (C=O) groups is 1. The molecule has 0 atom stereocenters. The molecule has 66 valence electrons. The van der Waals surface area contributed by atoms with Crippen LogP contribution in [-0.4, -0.2) is 12.1 Å². The lowest BCUT2D eigenvalue weighted by atomic mass is 10.1. The second-order valence-electron chi connectivity index (χ2n) is 3.05. The van der Waals surface area contributed by atoms with Crippen molar-refractivity contribution in [2.24, 2.45) is 5.10 Å². The Bertz CT molecular complexity index is 331. The first-order valence-corrected chi connectivity index (χ1v) is 4.21. The van der Waals surface area contributed by atoms with E-state index in [4.69, 9.17) is 0 Å². The minimum Gasteiger partial charge on any atom is -0.277 e. The molecule has 0 heterocycles. The number of benzene rings is 1. The van der Waals surface area contributed by atoms with E-state index in [2.05, 4.69) is 22.7 Å². The van der Waals surface area contributed by atoms with Gasteiger partial charge < -0.3 is 0 Å². The standard InChI is InChI=1S/C10H10N2O/c13-7-11-12-10-5-8-3-1-2-4-9(8)6-10/h1-4,7H,5-6H2,(H,11,13). The van der Waals surface area contributed by atoms with Gasteiger partial charge >= 0.3 is 0 Å². The van der Waals surface area contributed by atoms with Gasteiger partial charge in [-0.3, -0.25) is 4.79 Å². The third kappa shape index (κ3) is 1.59. The van der Waals surface area contributed by atoms with Crippen LogP contribution in [0.15, 0.2) is 29.4 Å². The van der Waals surface area contributed by atoms with Crippen molar-refractivity contribution in [2.45, 2.75) is 12.8 Å². The smallest absolute Gasteiger partial charge is 0.227 e. The number of rotatable bonds is 2. The summed E-state index contributed by atoms with van der Waals surface area (Å²) in [5, 5.41) is 3.96. The lowest BCUT2D eigenvalue weighted by Crippen LogP contribution is -2.07. The lowest BCUT2D eigenvalue weighted by Gasteiger charge is -1.92. The van der Waals surface area contributed by atoms with Crippen molar-refractivity contribution in [2.75, 3.05) is 0 Å². The van der Waals surface area contributed by atoms with Crippen LogP contribution >= 0.6 is 0 Å². The van der Waals surface area contributed by atoms with Crippen molar-refractivity contribution in [3.05, 3.63) is 35.4 Å². The van der Waals surface area contributed by atoms with E-state index in [1.807, 2.05) is 12.1 Å². The first-order valence-electron chi connectivity index (χ1n) is 4.21. The summed E-state index contributed by atoms with van der Waals surface area (Å²) in [7, 11) is 0. The van der Waals surface area contributed by atoms with E-state index >= 15 is 0 Å². The predicted molar refractivity (Wildman–Crippen MR) is 50.5 cm³/mol. The molecule has 2 rings (SSSR count). The fourth-order valence-corrected chi connectivity index (χ4v) is 1.60. The summed E-state index contributed by atoms with van der Waals surface area (Å²) < 4.78 is 0. The van der Waals surface area contributed by atoms with Gasteiger partial charge in [-0.15, -0.1) is 0 Å². The Hall–Kier alpha value is -1.64. The summed E-state index contributed by atoms with van der Waals surface area (Å²) in [5.74, 6) is 0. The highest BCUT2D eigenvalue weighted by Gasteiger charge is 2.15. The number of hydrogen-bond acceptors (Lipinski definition) is 2. The number of hydrazone groups is 1. The zero-order chi connectivity index (χ0) is 9.10. The first kappa shape index (κ1) is 7.98. The van der Waals surface area contributed by atoms with Gasteiger partial charge in [0.25, 0.3) is 0 Å². The van der Waals surface area contributed by atoms with Gasteiger partial charge in [-0.2, -0.15) is 5.10 Å². The zero-order valence-electron chi connectivity index (χ0n) is 7.16. The molecule has 0 aliphatic heterocycles. The normalized spacial score (nSPS) is 13.7. The summed E-state index contributed by atoms with van der Waals surface area (Å²) in [6, 6.07) is 8.24. The van der Waals surface area contributed by atoms with Gasteiger partial charge in [-0.1, -0.05) is 24.3 Å². The second kappa shape index (κ2) is 3.39. The molecule has 0 fully saturated rings. The molecule has 3 nitrogen and oxygen atoms in total. The predicted octanol–water partition coefficient (Wildman–Crippen LogP) is 0.887. The Morgan fingerprint density at radius 1 is 1.23 bits per heavy atom. The molecule has 1 amide bonds. The number of nitrogens with zero attached hydrogens (tertiary/aromatic N) is 1. The molecule has 1 aromatic carbocycles. The van der Waals surface area contributed by atoms with Crippen LogP contribution < -0.4 is 5.43 Å². The average Bonchev–Trinajstić information content (AvgIpc) is 2.57. The number of fused-ring (bicyclic) bond motifs is 1. The van der Waals surface area contributed by atoms with Crippen LogP contribution in [0.1, 0.15) is 11.1 Å². The molecule has 0 radical (unpaired) electrons. The van der Waals surface area contributed by atoms with Crippen LogP contribution in [0, 0.1) is 0 Å². The maximum atomic E-state index is 10.0. The molecular weight excluding hydrogens is 164 g/mol. The summed E-state index contributed by atoms with van der Waals surface area (Å²) in [4.78, 5) is 10.0. The molecule has 1 N–H and O–H groups in total. The van der Waals surface area contributed by atoms with E-state index in [0.717, 1.165) is 18.6 Å². The molecule has 1 aliphatic rings. The van der Waals surface area contributed by atoms with E-state index in [9.17, 15) is 4.79 Å². The third-order valence-corrected chi connectivity index (χ3v) is 2.18. The van der Waals surface area contributed by atoms with Gasteiger partial charge in [0.05, 0.1) is 0 Å². The summed E-state index contributed by atoms with van der Waals surface area (Å²) in [6.45, 7) is 0. The maximum Gasteiger partial charge on any atom is 0.227 e. The molecule has 1 aromatic rings. The average molecular weight is 174 g/mol. The van der Waals surface area contributed by atoms with Crippen LogP contribution in [0.3, 0.4) is 0 Å². The van der Waals surface area contributed by atoms with Gasteiger partial charge in [0.2, 0.25) is 6.41 Å². The van der Waals surface area contributed by atoms with Gasteiger partial charge in [-0.05, 0) is 11.1 Å². The Morgan fingerprint density at radius 3 is 2.38 bits per heavy atom. The molecular formula is C10H10N2O. The minimum atomic E-state index is 0.593. The topological polar surface area (TPSA) is 41.5 Å². The number of hydrogen-bond donors (Lipinski definition) is 1. The van der Waals surface area contributed by atoms with Gasteiger partial charge in [0.1, 0.15) is 0 Å². The fraction of sp³-hybridized carbons (Fsp3) is 0.200. The van der Waals surface area contributed by atoms with Crippen molar-refractivity contribution in [3.63, 3.8) is 0 Å². The molecule has 13 heavy (non-hydrogen) atoms. The van der Waals surface area contributed by atoms with Crippen LogP contribution in [-0.2, 0) is 17.6 Å². The quantitative estimate of drug-likeness (QED) is 0.525. The van der Waals surface area contributed by atoms with Crippen molar-refractivity contribution in [1.82, 2.24) is 5.43 Å². The molecule has 0 spiro atoms. The fourth-order valence-electron chi connectivity index (χ4n) is 1.60. The largest absolute Gasteiger partial charge is 0.277 e. The molecule has 0 saturated carbocycles. The molecule has 0 bridgehead atoms. The van der Waals surface area contributed by atoms with E-state index in [-0.39, 0.29) is 0 Å². The van der Waals surface area contributed by atoms with Crippen molar-refractivity contribution in [1.29, 1.82) is 0 Å². The number of amides is 1. The Kier molecular flexibility index (Phi) is 2.08. The van der Waals surface area contributed by atoms with Gasteiger partial charge in [0, 0.05) is 18.6 Å². The summed E-state index contributed by atoms with van der Waals surface area (Å²) in [6.07, 6.45) is 2.31. The summed E-state index contributed by atoms with van der Waals surface area (Å²) >= 11 is 0. The van der Waals surface area contributed by atoms with E-state index in [1.165, 1.54) is 11.1 Å². The van der Waals surface area contributed by atoms with Crippen LogP contribution in [0.2, 0.25) is 0 Å². The van der Waals surface area contributed by atoms with Crippen molar-refractivity contribution in [3.8, 4) is 0 Å². The summed E-state index contributed by atoms with van der Waals surface area (Å²) in [5.41, 5.74) is 5.98. The van der Waals surface area contributed by atoms with Gasteiger partial charge in [-0.25, -0.2) is 5.43 Å². The number of nitrogens with one attached hydrogen (secondary N) is 1. The van der Waals surface area contributed by atoms with Crippen molar-refractivity contribution < 1.29 is 4.79 Å².